The van der Waals surface area contributed by atoms with Gasteiger partial charge < -0.3 is 23.7 Å². The van der Waals surface area contributed by atoms with Crippen molar-refractivity contribution in [3.63, 3.8) is 0 Å². The first kappa shape index (κ1) is 20.6. The van der Waals surface area contributed by atoms with Gasteiger partial charge in [-0.25, -0.2) is 9.59 Å². The van der Waals surface area contributed by atoms with Crippen LogP contribution in [-0.4, -0.2) is 59.5 Å². The Bertz CT molecular complexity index is 665. The number of rotatable bonds is 4. The fraction of sp³-hybridized carbons (Fsp3) is 0.667. The van der Waals surface area contributed by atoms with Gasteiger partial charge in [-0.1, -0.05) is 11.6 Å². The summed E-state index contributed by atoms with van der Waals surface area (Å²) in [6.07, 6.45) is -0.634. The second-order valence-electron chi connectivity index (χ2n) is 7.21. The largest absolute Gasteiger partial charge is 0.461 e. The minimum absolute atomic E-state index is 0.272. The van der Waals surface area contributed by atoms with Crippen molar-refractivity contribution < 1.29 is 23.8 Å². The smallest absolute Gasteiger partial charge is 0.410 e. The predicted octanol–water partition coefficient (Wildman–Crippen LogP) is 3.26. The number of nitrogens with zero attached hydrogens (tertiary/aromatic N) is 2. The fourth-order valence-electron chi connectivity index (χ4n) is 2.75. The fourth-order valence-corrected chi connectivity index (χ4v) is 2.95. The van der Waals surface area contributed by atoms with Crippen molar-refractivity contribution in [3.05, 3.63) is 22.5 Å². The Labute approximate surface area is 159 Å². The number of morpholine rings is 1. The van der Waals surface area contributed by atoms with Gasteiger partial charge in [0.2, 0.25) is 0 Å². The van der Waals surface area contributed by atoms with Gasteiger partial charge in [0.15, 0.2) is 0 Å². The van der Waals surface area contributed by atoms with Crippen LogP contribution in [0.1, 0.15) is 43.9 Å². The summed E-state index contributed by atoms with van der Waals surface area (Å²) >= 11 is 6.19. The third-order valence-electron chi connectivity index (χ3n) is 3.97. The quantitative estimate of drug-likeness (QED) is 0.743. The van der Waals surface area contributed by atoms with E-state index in [1.165, 1.54) is 0 Å². The Morgan fingerprint density at radius 3 is 2.69 bits per heavy atom. The molecule has 1 aromatic heterocycles. The molecule has 0 unspecified atom stereocenters. The first-order chi connectivity index (χ1) is 12.1. The average Bonchev–Trinajstić information content (AvgIpc) is 2.82. The lowest BCUT2D eigenvalue weighted by Crippen LogP contribution is -2.48. The molecular formula is C18H27ClN2O5. The Kier molecular flexibility index (Phi) is 6.58. The highest BCUT2D eigenvalue weighted by molar-refractivity contribution is 6.31. The monoisotopic (exact) mass is 386 g/mol. The number of carbonyl (C=O) groups excluding carboxylic acids is 2. The van der Waals surface area contributed by atoms with E-state index < -0.39 is 11.6 Å². The molecule has 0 N–H and O–H groups in total. The number of hydrogen-bond donors (Lipinski definition) is 0. The molecule has 0 aromatic carbocycles. The lowest BCUT2D eigenvalue weighted by atomic mass is 10.2. The molecule has 1 aliphatic heterocycles. The standard InChI is InChI=1S/C18H27ClN2O5/c1-6-24-16(22)15-9-14(19)12(2)21(15)11-13-10-20(7-8-25-13)17(23)26-18(3,4)5/h9,13H,6-8,10-11H2,1-5H3/t13-/m0/s1. The topological polar surface area (TPSA) is 70.0 Å². The van der Waals surface area contributed by atoms with Gasteiger partial charge in [-0.05, 0) is 40.7 Å². The van der Waals surface area contributed by atoms with E-state index in [1.807, 2.05) is 27.7 Å². The molecule has 1 saturated heterocycles. The first-order valence-corrected chi connectivity index (χ1v) is 9.12. The number of amides is 1. The number of halogens is 1. The highest BCUT2D eigenvalue weighted by Crippen LogP contribution is 2.23. The summed E-state index contributed by atoms with van der Waals surface area (Å²) in [5.74, 6) is -0.428. The summed E-state index contributed by atoms with van der Waals surface area (Å²) in [5.41, 5.74) is 0.590. The van der Waals surface area contributed by atoms with Crippen LogP contribution in [0.3, 0.4) is 0 Å². The maximum absolute atomic E-state index is 12.3. The molecule has 0 spiro atoms. The van der Waals surface area contributed by atoms with E-state index in [-0.39, 0.29) is 18.8 Å². The van der Waals surface area contributed by atoms with Crippen LogP contribution in [0.5, 0.6) is 0 Å². The summed E-state index contributed by atoms with van der Waals surface area (Å²) < 4.78 is 18.1. The SMILES string of the molecule is CCOC(=O)c1cc(Cl)c(C)n1C[C@@H]1CN(C(=O)OC(C)(C)C)CCO1. The van der Waals surface area contributed by atoms with Crippen molar-refractivity contribution in [3.8, 4) is 0 Å². The zero-order chi connectivity index (χ0) is 19.5. The molecule has 1 aliphatic rings. The van der Waals surface area contributed by atoms with Gasteiger partial charge >= 0.3 is 12.1 Å². The van der Waals surface area contributed by atoms with Crippen LogP contribution in [0.2, 0.25) is 5.02 Å². The van der Waals surface area contributed by atoms with Crippen LogP contribution in [0.4, 0.5) is 4.79 Å². The minimum atomic E-state index is -0.549. The molecule has 2 rings (SSSR count). The number of hydrogen-bond acceptors (Lipinski definition) is 5. The molecule has 8 heteroatoms. The predicted molar refractivity (Wildman–Crippen MR) is 97.7 cm³/mol. The van der Waals surface area contributed by atoms with Gasteiger partial charge in [-0.15, -0.1) is 0 Å². The first-order valence-electron chi connectivity index (χ1n) is 8.74. The highest BCUT2D eigenvalue weighted by Gasteiger charge is 2.29. The number of aromatic nitrogens is 1. The molecular weight excluding hydrogens is 360 g/mol. The Hall–Kier alpha value is -1.73. The minimum Gasteiger partial charge on any atom is -0.461 e. The van der Waals surface area contributed by atoms with Gasteiger partial charge in [0.25, 0.3) is 0 Å². The van der Waals surface area contributed by atoms with Crippen molar-refractivity contribution >= 4 is 23.7 Å². The van der Waals surface area contributed by atoms with E-state index in [1.54, 1.807) is 22.5 Å². The maximum Gasteiger partial charge on any atom is 0.410 e. The van der Waals surface area contributed by atoms with Gasteiger partial charge in [0.1, 0.15) is 11.3 Å². The molecule has 0 saturated carbocycles. The molecule has 146 valence electrons. The average molecular weight is 387 g/mol. The summed E-state index contributed by atoms with van der Waals surface area (Å²) in [6, 6.07) is 1.60. The molecule has 0 bridgehead atoms. The zero-order valence-corrected chi connectivity index (χ0v) is 16.8. The molecule has 7 nitrogen and oxygen atoms in total. The summed E-state index contributed by atoms with van der Waals surface area (Å²) in [7, 11) is 0. The van der Waals surface area contributed by atoms with E-state index in [4.69, 9.17) is 25.8 Å². The second-order valence-corrected chi connectivity index (χ2v) is 7.62. The molecule has 2 heterocycles. The van der Waals surface area contributed by atoms with Gasteiger partial charge in [0.05, 0.1) is 37.4 Å². The van der Waals surface area contributed by atoms with Gasteiger partial charge in [-0.3, -0.25) is 0 Å². The van der Waals surface area contributed by atoms with Crippen molar-refractivity contribution in [2.24, 2.45) is 0 Å². The lowest BCUT2D eigenvalue weighted by molar-refractivity contribution is -0.0476. The molecule has 1 atom stereocenters. The third kappa shape index (κ3) is 5.14. The van der Waals surface area contributed by atoms with Crippen molar-refractivity contribution in [2.45, 2.75) is 52.9 Å². The maximum atomic E-state index is 12.3. The van der Waals surface area contributed by atoms with Gasteiger partial charge in [0, 0.05) is 12.2 Å². The summed E-state index contributed by atoms with van der Waals surface area (Å²) in [5, 5.41) is 0.493. The van der Waals surface area contributed by atoms with Crippen LogP contribution in [-0.2, 0) is 20.8 Å². The van der Waals surface area contributed by atoms with Crippen molar-refractivity contribution in [2.75, 3.05) is 26.3 Å². The lowest BCUT2D eigenvalue weighted by Gasteiger charge is -2.34. The van der Waals surface area contributed by atoms with Crippen LogP contribution in [0.25, 0.3) is 0 Å². The van der Waals surface area contributed by atoms with E-state index >= 15 is 0 Å². The second kappa shape index (κ2) is 8.31. The molecule has 1 fully saturated rings. The Morgan fingerprint density at radius 2 is 2.08 bits per heavy atom. The van der Waals surface area contributed by atoms with E-state index in [0.717, 1.165) is 5.69 Å². The molecule has 26 heavy (non-hydrogen) atoms. The molecule has 1 aromatic rings. The van der Waals surface area contributed by atoms with E-state index in [9.17, 15) is 9.59 Å². The summed E-state index contributed by atoms with van der Waals surface area (Å²) in [4.78, 5) is 26.1. The van der Waals surface area contributed by atoms with Crippen LogP contribution < -0.4 is 0 Å². The number of ether oxygens (including phenoxy) is 3. The van der Waals surface area contributed by atoms with Crippen molar-refractivity contribution in [1.82, 2.24) is 9.47 Å². The Morgan fingerprint density at radius 1 is 1.38 bits per heavy atom. The molecule has 1 amide bonds. The zero-order valence-electron chi connectivity index (χ0n) is 16.0. The van der Waals surface area contributed by atoms with Gasteiger partial charge in [-0.2, -0.15) is 0 Å². The Balaban J connectivity index is 2.11. The highest BCUT2D eigenvalue weighted by atomic mass is 35.5. The summed E-state index contributed by atoms with van der Waals surface area (Å²) in [6.45, 7) is 11.0. The van der Waals surface area contributed by atoms with E-state index in [2.05, 4.69) is 0 Å². The van der Waals surface area contributed by atoms with Crippen molar-refractivity contribution in [1.29, 1.82) is 0 Å². The normalized spacial score (nSPS) is 17.9. The molecule has 0 radical (unpaired) electrons. The van der Waals surface area contributed by atoms with E-state index in [0.29, 0.717) is 37.0 Å². The number of esters is 1. The number of carbonyl (C=O) groups is 2. The van der Waals surface area contributed by atoms with Crippen LogP contribution in [0, 0.1) is 6.92 Å². The van der Waals surface area contributed by atoms with Crippen LogP contribution in [0.15, 0.2) is 6.07 Å². The third-order valence-corrected chi connectivity index (χ3v) is 4.35. The van der Waals surface area contributed by atoms with Crippen LogP contribution >= 0.6 is 11.6 Å². The molecule has 0 aliphatic carbocycles.